The summed E-state index contributed by atoms with van der Waals surface area (Å²) >= 11 is 0. The first-order chi connectivity index (χ1) is 12.6. The molecule has 3 heterocycles. The number of nitrogens with zero attached hydrogens (tertiary/aromatic N) is 3. The molecule has 0 N–H and O–H groups in total. The molecule has 1 unspecified atom stereocenters. The minimum absolute atomic E-state index is 0.0998. The lowest BCUT2D eigenvalue weighted by Crippen LogP contribution is -2.41. The molecular formula is C21H33N3O2. The van der Waals surface area contributed by atoms with E-state index < -0.39 is 0 Å². The monoisotopic (exact) mass is 359 g/mol. The summed E-state index contributed by atoms with van der Waals surface area (Å²) in [7, 11) is 1.73. The first kappa shape index (κ1) is 19.2. The van der Waals surface area contributed by atoms with Crippen molar-refractivity contribution in [1.82, 2.24) is 9.88 Å². The minimum Gasteiger partial charge on any atom is -0.384 e. The molecule has 0 radical (unpaired) electrons. The number of ether oxygens (including phenoxy) is 1. The van der Waals surface area contributed by atoms with Crippen LogP contribution in [0.3, 0.4) is 0 Å². The average molecular weight is 360 g/mol. The number of anilines is 1. The first-order valence-electron chi connectivity index (χ1n) is 10.1. The predicted octanol–water partition coefficient (Wildman–Crippen LogP) is 3.60. The summed E-state index contributed by atoms with van der Waals surface area (Å²) in [5, 5.41) is 0. The molecule has 2 aliphatic heterocycles. The van der Waals surface area contributed by atoms with E-state index in [9.17, 15) is 4.79 Å². The second-order valence-corrected chi connectivity index (χ2v) is 8.00. The number of amides is 1. The summed E-state index contributed by atoms with van der Waals surface area (Å²) in [6.45, 7) is 9.07. The Morgan fingerprint density at radius 3 is 2.73 bits per heavy atom. The van der Waals surface area contributed by atoms with Crippen molar-refractivity contribution in [1.29, 1.82) is 0 Å². The molecule has 0 bridgehead atoms. The number of hydrogen-bond donors (Lipinski definition) is 0. The predicted molar refractivity (Wildman–Crippen MR) is 105 cm³/mol. The second-order valence-electron chi connectivity index (χ2n) is 8.00. The Balaban J connectivity index is 1.63. The highest BCUT2D eigenvalue weighted by molar-refractivity contribution is 5.94. The third-order valence-corrected chi connectivity index (χ3v) is 6.47. The van der Waals surface area contributed by atoms with Gasteiger partial charge in [0.15, 0.2) is 0 Å². The Hall–Kier alpha value is -1.62. The van der Waals surface area contributed by atoms with Crippen LogP contribution in [0.1, 0.15) is 56.3 Å². The van der Waals surface area contributed by atoms with E-state index in [2.05, 4.69) is 23.7 Å². The van der Waals surface area contributed by atoms with E-state index in [0.717, 1.165) is 51.4 Å². The molecule has 1 amide bonds. The van der Waals surface area contributed by atoms with Gasteiger partial charge in [0.25, 0.3) is 5.91 Å². The number of rotatable bonds is 6. The van der Waals surface area contributed by atoms with E-state index in [1.807, 2.05) is 17.0 Å². The fourth-order valence-electron chi connectivity index (χ4n) is 4.46. The first-order valence-corrected chi connectivity index (χ1v) is 10.1. The van der Waals surface area contributed by atoms with Gasteiger partial charge in [-0.3, -0.25) is 4.79 Å². The molecule has 5 heteroatoms. The van der Waals surface area contributed by atoms with Crippen molar-refractivity contribution in [3.63, 3.8) is 0 Å². The zero-order chi connectivity index (χ0) is 18.6. The van der Waals surface area contributed by atoms with Gasteiger partial charge >= 0.3 is 0 Å². The molecule has 2 fully saturated rings. The number of methoxy groups -OCH3 is 1. The molecule has 0 saturated carbocycles. The maximum atomic E-state index is 12.8. The molecule has 0 spiro atoms. The van der Waals surface area contributed by atoms with Gasteiger partial charge in [-0.25, -0.2) is 4.98 Å². The number of aromatic nitrogens is 1. The molecule has 1 aromatic rings. The van der Waals surface area contributed by atoms with Crippen LogP contribution in [0.15, 0.2) is 18.3 Å². The summed E-state index contributed by atoms with van der Waals surface area (Å²) < 4.78 is 5.27. The van der Waals surface area contributed by atoms with Crippen molar-refractivity contribution in [3.05, 3.63) is 23.9 Å². The minimum atomic E-state index is 0.0998. The highest BCUT2D eigenvalue weighted by atomic mass is 16.5. The summed E-state index contributed by atoms with van der Waals surface area (Å²) in [5.41, 5.74) is 1.13. The van der Waals surface area contributed by atoms with Crippen LogP contribution < -0.4 is 4.90 Å². The zero-order valence-corrected chi connectivity index (χ0v) is 16.5. The van der Waals surface area contributed by atoms with E-state index in [-0.39, 0.29) is 5.91 Å². The van der Waals surface area contributed by atoms with Crippen molar-refractivity contribution in [3.8, 4) is 0 Å². The lowest BCUT2D eigenvalue weighted by Gasteiger charge is -2.32. The van der Waals surface area contributed by atoms with Crippen molar-refractivity contribution < 1.29 is 9.53 Å². The Kier molecular flexibility index (Phi) is 6.17. The van der Waals surface area contributed by atoms with Gasteiger partial charge in [0, 0.05) is 39.5 Å². The Labute approximate surface area is 157 Å². The van der Waals surface area contributed by atoms with Crippen molar-refractivity contribution in [2.75, 3.05) is 44.8 Å². The van der Waals surface area contributed by atoms with Crippen LogP contribution in [0.25, 0.3) is 0 Å². The van der Waals surface area contributed by atoms with Crippen LogP contribution in [-0.4, -0.2) is 55.7 Å². The molecule has 0 aliphatic carbocycles. The van der Waals surface area contributed by atoms with E-state index in [1.165, 1.54) is 19.3 Å². The highest BCUT2D eigenvalue weighted by Crippen LogP contribution is 2.38. The van der Waals surface area contributed by atoms with Crippen LogP contribution in [0, 0.1) is 11.3 Å². The lowest BCUT2D eigenvalue weighted by molar-refractivity contribution is 0.0570. The number of carbonyl (C=O) groups excluding carboxylic acids is 1. The van der Waals surface area contributed by atoms with Crippen LogP contribution in [-0.2, 0) is 4.74 Å². The molecule has 2 aliphatic rings. The van der Waals surface area contributed by atoms with Gasteiger partial charge in [-0.05, 0) is 55.6 Å². The van der Waals surface area contributed by atoms with Gasteiger partial charge < -0.3 is 14.5 Å². The summed E-state index contributed by atoms with van der Waals surface area (Å²) in [6.07, 6.45) is 7.62. The molecule has 1 aromatic heterocycles. The normalized spacial score (nSPS) is 22.7. The van der Waals surface area contributed by atoms with Gasteiger partial charge in [0.05, 0.1) is 12.2 Å². The van der Waals surface area contributed by atoms with E-state index in [0.29, 0.717) is 16.9 Å². The summed E-state index contributed by atoms with van der Waals surface area (Å²) in [4.78, 5) is 21.8. The van der Waals surface area contributed by atoms with Crippen molar-refractivity contribution in [2.24, 2.45) is 11.3 Å². The number of pyridine rings is 1. The maximum absolute atomic E-state index is 12.8. The smallest absolute Gasteiger partial charge is 0.255 e. The van der Waals surface area contributed by atoms with Crippen molar-refractivity contribution >= 4 is 11.7 Å². The van der Waals surface area contributed by atoms with E-state index >= 15 is 0 Å². The third kappa shape index (κ3) is 4.03. The van der Waals surface area contributed by atoms with Gasteiger partial charge in [-0.1, -0.05) is 13.8 Å². The Bertz CT molecular complexity index is 596. The average Bonchev–Trinajstić information content (AvgIpc) is 3.13. The van der Waals surface area contributed by atoms with Crippen LogP contribution >= 0.6 is 0 Å². The summed E-state index contributed by atoms with van der Waals surface area (Å²) in [5.74, 6) is 1.55. The standard InChI is InChI=1S/C21H33N3O2/c1-4-21(5-2)10-12-24(16-21)19-9-8-18(13-22-19)20(25)23-11-6-7-17(14-23)15-26-3/h8-9,13,17H,4-7,10-12,14-16H2,1-3H3. The SMILES string of the molecule is CCC1(CC)CCN(c2ccc(C(=O)N3CCCC(COC)C3)cn2)C1. The molecule has 1 atom stereocenters. The fourth-order valence-corrected chi connectivity index (χ4v) is 4.46. The molecule has 2 saturated heterocycles. The Morgan fingerprint density at radius 2 is 2.12 bits per heavy atom. The summed E-state index contributed by atoms with van der Waals surface area (Å²) in [6, 6.07) is 3.97. The highest BCUT2D eigenvalue weighted by Gasteiger charge is 2.35. The molecule has 5 nitrogen and oxygen atoms in total. The largest absolute Gasteiger partial charge is 0.384 e. The second kappa shape index (κ2) is 8.38. The number of likely N-dealkylation sites (tertiary alicyclic amines) is 1. The molecule has 144 valence electrons. The topological polar surface area (TPSA) is 45.7 Å². The van der Waals surface area contributed by atoms with Crippen LogP contribution in [0.2, 0.25) is 0 Å². The zero-order valence-electron chi connectivity index (χ0n) is 16.5. The number of carbonyl (C=O) groups is 1. The molecule has 0 aromatic carbocycles. The number of piperidine rings is 1. The number of hydrogen-bond acceptors (Lipinski definition) is 4. The fraction of sp³-hybridized carbons (Fsp3) is 0.714. The quantitative estimate of drug-likeness (QED) is 0.779. The molecule has 3 rings (SSSR count). The molecular weight excluding hydrogens is 326 g/mol. The van der Waals surface area contributed by atoms with Crippen molar-refractivity contribution in [2.45, 2.75) is 46.0 Å². The van der Waals surface area contributed by atoms with Gasteiger partial charge in [0.2, 0.25) is 0 Å². The lowest BCUT2D eigenvalue weighted by atomic mass is 9.82. The van der Waals surface area contributed by atoms with E-state index in [4.69, 9.17) is 4.74 Å². The van der Waals surface area contributed by atoms with Crippen LogP contribution in [0.4, 0.5) is 5.82 Å². The Morgan fingerprint density at radius 1 is 1.31 bits per heavy atom. The van der Waals surface area contributed by atoms with Gasteiger partial charge in [0.1, 0.15) is 5.82 Å². The molecule has 26 heavy (non-hydrogen) atoms. The van der Waals surface area contributed by atoms with Crippen LogP contribution in [0.5, 0.6) is 0 Å². The van der Waals surface area contributed by atoms with Gasteiger partial charge in [-0.2, -0.15) is 0 Å². The van der Waals surface area contributed by atoms with E-state index in [1.54, 1.807) is 13.3 Å². The van der Waals surface area contributed by atoms with Gasteiger partial charge in [-0.15, -0.1) is 0 Å². The maximum Gasteiger partial charge on any atom is 0.255 e. The third-order valence-electron chi connectivity index (χ3n) is 6.47.